The molecule has 1 amide bonds. The summed E-state index contributed by atoms with van der Waals surface area (Å²) in [5.74, 6) is -0.503. The van der Waals surface area contributed by atoms with Gasteiger partial charge in [0.1, 0.15) is 11.9 Å². The van der Waals surface area contributed by atoms with Gasteiger partial charge in [0, 0.05) is 12.3 Å². The molecule has 164 valence electrons. The summed E-state index contributed by atoms with van der Waals surface area (Å²) in [5.41, 5.74) is 0.952. The molecule has 0 bridgehead atoms. The first-order valence-electron chi connectivity index (χ1n) is 9.71. The van der Waals surface area contributed by atoms with Crippen LogP contribution in [0.15, 0.2) is 30.7 Å². The molecule has 9 nitrogen and oxygen atoms in total. The number of aliphatic hydroxyl groups is 1. The number of ether oxygens (including phenoxy) is 1. The highest BCUT2D eigenvalue weighted by atomic mass is 35.5. The molecule has 11 heteroatoms. The van der Waals surface area contributed by atoms with Crippen molar-refractivity contribution in [3.05, 3.63) is 41.3 Å². The maximum atomic E-state index is 14.0. The second-order valence-corrected chi connectivity index (χ2v) is 8.35. The fourth-order valence-electron chi connectivity index (χ4n) is 2.99. The van der Waals surface area contributed by atoms with Gasteiger partial charge in [-0.15, -0.1) is 0 Å². The molecule has 0 aromatic carbocycles. The number of hydrogen-bond donors (Lipinski definition) is 3. The van der Waals surface area contributed by atoms with Crippen molar-refractivity contribution in [3.63, 3.8) is 0 Å². The van der Waals surface area contributed by atoms with Crippen LogP contribution in [0.5, 0.6) is 0 Å². The average molecular weight is 449 g/mol. The number of anilines is 1. The molecule has 1 saturated heterocycles. The van der Waals surface area contributed by atoms with Crippen LogP contribution < -0.4 is 10.6 Å². The van der Waals surface area contributed by atoms with Crippen molar-refractivity contribution in [1.29, 1.82) is 0 Å². The van der Waals surface area contributed by atoms with Gasteiger partial charge in [0.2, 0.25) is 0 Å². The van der Waals surface area contributed by atoms with Crippen molar-refractivity contribution in [2.24, 2.45) is 0 Å². The van der Waals surface area contributed by atoms with E-state index in [0.717, 1.165) is 0 Å². The number of hydrogen-bond acceptors (Lipinski definition) is 7. The Kier molecular flexibility index (Phi) is 5.78. The van der Waals surface area contributed by atoms with E-state index in [1.165, 1.54) is 26.2 Å². The molecule has 1 aliphatic heterocycles. The number of pyridine rings is 1. The summed E-state index contributed by atoms with van der Waals surface area (Å²) in [6.45, 7) is 3.40. The molecule has 0 spiro atoms. The van der Waals surface area contributed by atoms with Gasteiger partial charge < -0.3 is 20.5 Å². The lowest BCUT2D eigenvalue weighted by Crippen LogP contribution is -2.43. The second-order valence-electron chi connectivity index (χ2n) is 7.91. The lowest BCUT2D eigenvalue weighted by molar-refractivity contribution is -0.00178. The topological polar surface area (TPSA) is 114 Å². The number of halogens is 2. The fraction of sp³-hybridized carbons (Fsp3) is 0.400. The normalized spacial score (nSPS) is 15.5. The highest BCUT2D eigenvalue weighted by Gasteiger charge is 2.28. The van der Waals surface area contributed by atoms with Gasteiger partial charge in [-0.1, -0.05) is 11.6 Å². The predicted molar refractivity (Wildman–Crippen MR) is 113 cm³/mol. The smallest absolute Gasteiger partial charge is 0.255 e. The molecule has 3 aromatic heterocycles. The number of nitrogens with one attached hydrogen (secondary N) is 2. The predicted octanol–water partition coefficient (Wildman–Crippen LogP) is 2.09. The lowest BCUT2D eigenvalue weighted by atomic mass is 10.0. The summed E-state index contributed by atoms with van der Waals surface area (Å²) in [6.07, 6.45) is 2.92. The zero-order valence-electron chi connectivity index (χ0n) is 17.0. The molecule has 1 atom stereocenters. The Morgan fingerprint density at radius 2 is 2.13 bits per heavy atom. The molecule has 0 aliphatic carbocycles. The quantitative estimate of drug-likeness (QED) is 0.507. The van der Waals surface area contributed by atoms with Crippen LogP contribution in [0.3, 0.4) is 0 Å². The van der Waals surface area contributed by atoms with E-state index in [9.17, 15) is 14.3 Å². The Morgan fingerprint density at radius 1 is 1.35 bits per heavy atom. The van der Waals surface area contributed by atoms with Crippen molar-refractivity contribution >= 4 is 28.8 Å². The Hall–Kier alpha value is -2.82. The van der Waals surface area contributed by atoms with Gasteiger partial charge in [-0.25, -0.2) is 13.9 Å². The number of imidazole rings is 1. The van der Waals surface area contributed by atoms with E-state index in [0.29, 0.717) is 41.0 Å². The van der Waals surface area contributed by atoms with Gasteiger partial charge in [0.25, 0.3) is 5.91 Å². The maximum absolute atomic E-state index is 14.0. The molecule has 1 fully saturated rings. The van der Waals surface area contributed by atoms with E-state index in [2.05, 4.69) is 25.7 Å². The van der Waals surface area contributed by atoms with E-state index >= 15 is 0 Å². The number of fused-ring (bicyclic) bond motifs is 1. The van der Waals surface area contributed by atoms with Crippen molar-refractivity contribution in [1.82, 2.24) is 24.9 Å². The van der Waals surface area contributed by atoms with E-state index in [1.54, 1.807) is 22.8 Å². The molecule has 1 aliphatic rings. The second kappa shape index (κ2) is 8.37. The van der Waals surface area contributed by atoms with Crippen LogP contribution >= 0.6 is 11.6 Å². The Balaban J connectivity index is 1.63. The van der Waals surface area contributed by atoms with Crippen molar-refractivity contribution in [2.75, 3.05) is 25.1 Å². The SMILES string of the molecule is CC(C)(O)[C@H](F)CNC(=O)c1cnc(-c2cnc3cc(Cl)cnn23)cc1NC1COC1. The number of nitrogens with zero attached hydrogens (tertiary/aromatic N) is 4. The first-order chi connectivity index (χ1) is 14.7. The molecular formula is C20H22ClFN6O3. The molecule has 0 unspecified atom stereocenters. The Bertz CT molecular complexity index is 1110. The summed E-state index contributed by atoms with van der Waals surface area (Å²) < 4.78 is 20.8. The third kappa shape index (κ3) is 4.60. The van der Waals surface area contributed by atoms with E-state index < -0.39 is 17.7 Å². The third-order valence-corrected chi connectivity index (χ3v) is 5.15. The number of carbonyl (C=O) groups excluding carboxylic acids is 1. The van der Waals surface area contributed by atoms with Crippen molar-refractivity contribution in [2.45, 2.75) is 31.7 Å². The Labute approximate surface area is 182 Å². The van der Waals surface area contributed by atoms with Gasteiger partial charge in [-0.2, -0.15) is 5.10 Å². The van der Waals surface area contributed by atoms with E-state index in [1.807, 2.05) is 0 Å². The van der Waals surface area contributed by atoms with E-state index in [4.69, 9.17) is 16.3 Å². The first-order valence-corrected chi connectivity index (χ1v) is 10.1. The largest absolute Gasteiger partial charge is 0.387 e. The van der Waals surface area contributed by atoms with Crippen LogP contribution in [0.1, 0.15) is 24.2 Å². The molecule has 4 heterocycles. The molecule has 3 N–H and O–H groups in total. The van der Waals surface area contributed by atoms with Crippen LogP contribution in [0.4, 0.5) is 10.1 Å². The molecule has 3 aromatic rings. The van der Waals surface area contributed by atoms with Gasteiger partial charge in [-0.05, 0) is 19.9 Å². The molecule has 0 radical (unpaired) electrons. The van der Waals surface area contributed by atoms with Crippen LogP contribution in [0.2, 0.25) is 5.02 Å². The number of carbonyl (C=O) groups is 1. The summed E-state index contributed by atoms with van der Waals surface area (Å²) in [4.78, 5) is 21.4. The van der Waals surface area contributed by atoms with E-state index in [-0.39, 0.29) is 18.2 Å². The standard InChI is InChI=1S/C20H22ClFN6O3/c1-20(2,30)17(22)8-25-19(29)13-6-23-15(4-14(13)27-12-9-31-10-12)16-7-24-18-3-11(21)5-26-28(16)18/h3-7,12,17,30H,8-10H2,1-2H3,(H,23,27)(H,25,29)/t17-/m1/s1. The zero-order valence-corrected chi connectivity index (χ0v) is 17.7. The maximum Gasteiger partial charge on any atom is 0.255 e. The van der Waals surface area contributed by atoms with Gasteiger partial charge in [0.05, 0.1) is 65.8 Å². The summed E-state index contributed by atoms with van der Waals surface area (Å²) >= 11 is 5.97. The van der Waals surface area contributed by atoms with Gasteiger partial charge >= 0.3 is 0 Å². The number of rotatable bonds is 7. The number of amides is 1. The molecule has 31 heavy (non-hydrogen) atoms. The summed E-state index contributed by atoms with van der Waals surface area (Å²) in [5, 5.41) is 20.2. The van der Waals surface area contributed by atoms with Gasteiger partial charge in [-0.3, -0.25) is 9.78 Å². The monoisotopic (exact) mass is 448 g/mol. The summed E-state index contributed by atoms with van der Waals surface area (Å²) in [7, 11) is 0. The molecule has 0 saturated carbocycles. The van der Waals surface area contributed by atoms with Crippen LogP contribution in [-0.2, 0) is 4.74 Å². The number of aromatic nitrogens is 4. The minimum Gasteiger partial charge on any atom is -0.387 e. The molecular weight excluding hydrogens is 427 g/mol. The fourth-order valence-corrected chi connectivity index (χ4v) is 3.13. The average Bonchev–Trinajstić information content (AvgIpc) is 3.10. The van der Waals surface area contributed by atoms with Crippen molar-refractivity contribution in [3.8, 4) is 11.4 Å². The third-order valence-electron chi connectivity index (χ3n) is 4.94. The highest BCUT2D eigenvalue weighted by molar-refractivity contribution is 6.30. The zero-order chi connectivity index (χ0) is 22.2. The minimum absolute atomic E-state index is 0.0474. The minimum atomic E-state index is -1.61. The first kappa shape index (κ1) is 21.4. The van der Waals surface area contributed by atoms with Crippen LogP contribution in [0, 0.1) is 0 Å². The lowest BCUT2D eigenvalue weighted by Gasteiger charge is -2.29. The van der Waals surface area contributed by atoms with Crippen LogP contribution in [-0.4, -0.2) is 68.2 Å². The highest BCUT2D eigenvalue weighted by Crippen LogP contribution is 2.26. The van der Waals surface area contributed by atoms with Gasteiger partial charge in [0.15, 0.2) is 5.65 Å². The van der Waals surface area contributed by atoms with Crippen LogP contribution in [0.25, 0.3) is 17.0 Å². The summed E-state index contributed by atoms with van der Waals surface area (Å²) in [6, 6.07) is 3.45. The number of alkyl halides is 1. The molecule has 4 rings (SSSR count). The Morgan fingerprint density at radius 3 is 2.81 bits per heavy atom. The van der Waals surface area contributed by atoms with Crippen molar-refractivity contribution < 1.29 is 19.0 Å².